The van der Waals surface area contributed by atoms with E-state index in [2.05, 4.69) is 4.90 Å². The summed E-state index contributed by atoms with van der Waals surface area (Å²) in [6.45, 7) is 4.70. The highest BCUT2D eigenvalue weighted by molar-refractivity contribution is 6.30. The molecule has 1 aromatic rings. The number of ether oxygens (including phenoxy) is 1. The molecule has 0 bridgehead atoms. The number of likely N-dealkylation sites (tertiary alicyclic amines) is 1. The molecule has 1 saturated heterocycles. The van der Waals surface area contributed by atoms with E-state index in [1.165, 1.54) is 77.4 Å². The van der Waals surface area contributed by atoms with Crippen LogP contribution in [0, 0.1) is 11.8 Å². The summed E-state index contributed by atoms with van der Waals surface area (Å²) < 4.78 is 5.43. The molecule has 28 heavy (non-hydrogen) atoms. The Hall–Kier alpha value is -1.26. The number of amides is 1. The monoisotopic (exact) mass is 406 g/mol. The third-order valence-electron chi connectivity index (χ3n) is 6.36. The zero-order valence-electron chi connectivity index (χ0n) is 17.2. The van der Waals surface area contributed by atoms with Crippen LogP contribution in [-0.2, 0) is 0 Å². The minimum absolute atomic E-state index is 0.286. The number of piperidine rings is 1. The Morgan fingerprint density at radius 2 is 1.71 bits per heavy atom. The Balaban J connectivity index is 1.30. The predicted molar refractivity (Wildman–Crippen MR) is 115 cm³/mol. The molecule has 0 spiro atoms. The van der Waals surface area contributed by atoms with Gasteiger partial charge in [-0.05, 0) is 94.3 Å². The first-order valence-electron chi connectivity index (χ1n) is 11.0. The van der Waals surface area contributed by atoms with E-state index < -0.39 is 0 Å². The van der Waals surface area contributed by atoms with Crippen LogP contribution in [0.25, 0.3) is 0 Å². The lowest BCUT2D eigenvalue weighted by Gasteiger charge is -2.32. The normalized spacial score (nSPS) is 23.4. The summed E-state index contributed by atoms with van der Waals surface area (Å²) in [6.07, 6.45) is 11.7. The Kier molecular flexibility index (Phi) is 8.47. The van der Waals surface area contributed by atoms with E-state index in [1.807, 2.05) is 7.05 Å². The van der Waals surface area contributed by atoms with Crippen molar-refractivity contribution in [2.75, 3.05) is 33.2 Å². The number of hydrogen-bond acceptors (Lipinski definition) is 3. The lowest BCUT2D eigenvalue weighted by molar-refractivity contribution is 0.144. The molecule has 1 heterocycles. The Morgan fingerprint density at radius 1 is 1.07 bits per heavy atom. The van der Waals surface area contributed by atoms with Gasteiger partial charge in [0.2, 0.25) is 0 Å². The maximum atomic E-state index is 12.3. The molecule has 4 nitrogen and oxygen atoms in total. The van der Waals surface area contributed by atoms with E-state index >= 15 is 0 Å². The molecule has 1 amide bonds. The molecule has 0 aromatic heterocycles. The first kappa shape index (κ1) is 21.4. The van der Waals surface area contributed by atoms with Gasteiger partial charge in [0.1, 0.15) is 5.75 Å². The number of benzene rings is 1. The van der Waals surface area contributed by atoms with Crippen LogP contribution in [0.4, 0.5) is 4.79 Å². The van der Waals surface area contributed by atoms with Gasteiger partial charge in [0.05, 0.1) is 0 Å². The van der Waals surface area contributed by atoms with Gasteiger partial charge in [-0.3, -0.25) is 0 Å². The average molecular weight is 407 g/mol. The van der Waals surface area contributed by atoms with Crippen molar-refractivity contribution in [3.05, 3.63) is 29.3 Å². The minimum Gasteiger partial charge on any atom is -0.410 e. The van der Waals surface area contributed by atoms with E-state index in [0.717, 1.165) is 12.5 Å². The van der Waals surface area contributed by atoms with Gasteiger partial charge in [-0.1, -0.05) is 30.9 Å². The van der Waals surface area contributed by atoms with Crippen LogP contribution in [0.5, 0.6) is 5.75 Å². The van der Waals surface area contributed by atoms with Crippen molar-refractivity contribution >= 4 is 17.7 Å². The molecule has 2 fully saturated rings. The molecule has 1 aliphatic heterocycles. The molecule has 0 atom stereocenters. The van der Waals surface area contributed by atoms with Gasteiger partial charge in [-0.25, -0.2) is 4.79 Å². The first-order chi connectivity index (χ1) is 13.6. The maximum Gasteiger partial charge on any atom is 0.414 e. The summed E-state index contributed by atoms with van der Waals surface area (Å²) >= 11 is 5.87. The smallest absolute Gasteiger partial charge is 0.410 e. The number of hydrogen-bond donors (Lipinski definition) is 0. The van der Waals surface area contributed by atoms with Crippen LogP contribution in [0.2, 0.25) is 5.02 Å². The van der Waals surface area contributed by atoms with Crippen molar-refractivity contribution in [3.63, 3.8) is 0 Å². The zero-order chi connectivity index (χ0) is 19.8. The molecule has 1 aliphatic carbocycles. The van der Waals surface area contributed by atoms with Gasteiger partial charge < -0.3 is 14.5 Å². The van der Waals surface area contributed by atoms with Crippen LogP contribution >= 0.6 is 11.6 Å². The fourth-order valence-electron chi connectivity index (χ4n) is 4.63. The standard InChI is InChI=1S/C23H35ClN2O2/c1-25(23(27)28-22-13-11-21(24)12-14-22)18-20-9-7-19(8-10-20)6-5-17-26-15-3-2-4-16-26/h11-14,19-20H,2-10,15-18H2,1H3/t19-,20-. The summed E-state index contributed by atoms with van der Waals surface area (Å²) in [5, 5.41) is 0.640. The molecule has 156 valence electrons. The fraction of sp³-hybridized carbons (Fsp3) is 0.696. The number of halogens is 1. The summed E-state index contributed by atoms with van der Waals surface area (Å²) in [6, 6.07) is 6.92. The fourth-order valence-corrected chi connectivity index (χ4v) is 4.76. The van der Waals surface area contributed by atoms with Gasteiger partial charge in [0.15, 0.2) is 0 Å². The molecule has 5 heteroatoms. The average Bonchev–Trinajstić information content (AvgIpc) is 2.72. The summed E-state index contributed by atoms with van der Waals surface area (Å²) in [7, 11) is 1.84. The van der Waals surface area contributed by atoms with Crippen molar-refractivity contribution in [3.8, 4) is 5.75 Å². The zero-order valence-corrected chi connectivity index (χ0v) is 18.0. The van der Waals surface area contributed by atoms with Crippen LogP contribution in [-0.4, -0.2) is 49.1 Å². The van der Waals surface area contributed by atoms with E-state index in [4.69, 9.17) is 16.3 Å². The van der Waals surface area contributed by atoms with Crippen molar-refractivity contribution in [2.24, 2.45) is 11.8 Å². The number of nitrogens with zero attached hydrogens (tertiary/aromatic N) is 2. The molecule has 1 saturated carbocycles. The maximum absolute atomic E-state index is 12.3. The highest BCUT2D eigenvalue weighted by atomic mass is 35.5. The summed E-state index contributed by atoms with van der Waals surface area (Å²) in [5.41, 5.74) is 0. The number of rotatable bonds is 7. The topological polar surface area (TPSA) is 32.8 Å². The van der Waals surface area contributed by atoms with E-state index in [-0.39, 0.29) is 6.09 Å². The Labute approximate surface area is 175 Å². The van der Waals surface area contributed by atoms with Crippen molar-refractivity contribution in [2.45, 2.75) is 57.8 Å². The lowest BCUT2D eigenvalue weighted by Crippen LogP contribution is -2.35. The molecular formula is C23H35ClN2O2. The van der Waals surface area contributed by atoms with E-state index in [9.17, 15) is 4.79 Å². The van der Waals surface area contributed by atoms with Crippen LogP contribution in [0.1, 0.15) is 57.8 Å². The molecular weight excluding hydrogens is 372 g/mol. The quantitative estimate of drug-likeness (QED) is 0.569. The highest BCUT2D eigenvalue weighted by Gasteiger charge is 2.24. The number of carbonyl (C=O) groups excluding carboxylic acids is 1. The van der Waals surface area contributed by atoms with Crippen molar-refractivity contribution in [1.29, 1.82) is 0 Å². The van der Waals surface area contributed by atoms with Gasteiger partial charge in [0, 0.05) is 18.6 Å². The second-order valence-corrected chi connectivity index (χ2v) is 9.07. The van der Waals surface area contributed by atoms with Gasteiger partial charge in [0.25, 0.3) is 0 Å². The molecule has 1 aromatic carbocycles. The minimum atomic E-state index is -0.286. The van der Waals surface area contributed by atoms with E-state index in [1.54, 1.807) is 29.2 Å². The van der Waals surface area contributed by atoms with Gasteiger partial charge >= 0.3 is 6.09 Å². The predicted octanol–water partition coefficient (Wildman–Crippen LogP) is 5.84. The summed E-state index contributed by atoms with van der Waals surface area (Å²) in [4.78, 5) is 16.7. The Bertz CT molecular complexity index is 593. The van der Waals surface area contributed by atoms with Crippen LogP contribution in [0.3, 0.4) is 0 Å². The lowest BCUT2D eigenvalue weighted by atomic mass is 9.80. The van der Waals surface area contributed by atoms with E-state index in [0.29, 0.717) is 16.7 Å². The van der Waals surface area contributed by atoms with Crippen LogP contribution in [0.15, 0.2) is 24.3 Å². The van der Waals surface area contributed by atoms with Gasteiger partial charge in [-0.15, -0.1) is 0 Å². The molecule has 0 unspecified atom stereocenters. The van der Waals surface area contributed by atoms with Gasteiger partial charge in [-0.2, -0.15) is 0 Å². The third-order valence-corrected chi connectivity index (χ3v) is 6.62. The molecule has 0 N–H and O–H groups in total. The summed E-state index contributed by atoms with van der Waals surface area (Å²) in [5.74, 6) is 2.02. The van der Waals surface area contributed by atoms with Crippen molar-refractivity contribution < 1.29 is 9.53 Å². The second-order valence-electron chi connectivity index (χ2n) is 8.63. The second kappa shape index (κ2) is 11.1. The molecule has 0 radical (unpaired) electrons. The molecule has 2 aliphatic rings. The van der Waals surface area contributed by atoms with Crippen LogP contribution < -0.4 is 4.74 Å². The third kappa shape index (κ3) is 6.97. The number of carbonyl (C=O) groups is 1. The largest absolute Gasteiger partial charge is 0.414 e. The van der Waals surface area contributed by atoms with Crippen molar-refractivity contribution in [1.82, 2.24) is 9.80 Å². The first-order valence-corrected chi connectivity index (χ1v) is 11.4. The SMILES string of the molecule is CN(C[C@H]1CC[C@H](CCCN2CCCCC2)CC1)C(=O)Oc1ccc(Cl)cc1. The molecule has 3 rings (SSSR count). The highest BCUT2D eigenvalue weighted by Crippen LogP contribution is 2.32. The Morgan fingerprint density at radius 3 is 2.39 bits per heavy atom.